The molecule has 3 aromatic carbocycles. The van der Waals surface area contributed by atoms with E-state index in [1.165, 1.54) is 12.1 Å². The number of halogens is 1. The van der Waals surface area contributed by atoms with Crippen LogP contribution in [0.15, 0.2) is 88.7 Å². The summed E-state index contributed by atoms with van der Waals surface area (Å²) in [6.45, 7) is 0. The van der Waals surface area contributed by atoms with Crippen LogP contribution >= 0.6 is 11.6 Å². The van der Waals surface area contributed by atoms with Gasteiger partial charge in [-0.05, 0) is 42.5 Å². The van der Waals surface area contributed by atoms with Crippen LogP contribution in [-0.2, 0) is 20.0 Å². The van der Waals surface area contributed by atoms with Crippen LogP contribution in [0.3, 0.4) is 0 Å². The van der Waals surface area contributed by atoms with Crippen LogP contribution < -0.4 is 9.44 Å². The standard InChI is InChI=1S/C18H15ClN2O4S2/c19-17-12-11-16(26(22,23)20-14-7-3-1-4-8-14)13-18(17)27(24,25)21-15-9-5-2-6-10-15/h1-13,20-21H. The Morgan fingerprint density at radius 1 is 0.630 bits per heavy atom. The minimum absolute atomic E-state index is 0.0860. The molecular weight excluding hydrogens is 408 g/mol. The first-order valence-corrected chi connectivity index (χ1v) is 11.1. The molecule has 9 heteroatoms. The highest BCUT2D eigenvalue weighted by molar-refractivity contribution is 7.93. The first-order valence-electron chi connectivity index (χ1n) is 7.73. The Hall–Kier alpha value is -2.55. The minimum atomic E-state index is -4.07. The number of hydrogen-bond acceptors (Lipinski definition) is 4. The summed E-state index contributed by atoms with van der Waals surface area (Å²) in [7, 11) is -8.06. The van der Waals surface area contributed by atoms with E-state index in [-0.39, 0.29) is 14.8 Å². The summed E-state index contributed by atoms with van der Waals surface area (Å²) in [6.07, 6.45) is 0. The van der Waals surface area contributed by atoms with Gasteiger partial charge in [0.05, 0.1) is 9.92 Å². The molecule has 2 N–H and O–H groups in total. The van der Waals surface area contributed by atoms with Gasteiger partial charge in [0.15, 0.2) is 0 Å². The summed E-state index contributed by atoms with van der Waals surface area (Å²) in [4.78, 5) is -0.548. The molecule has 0 unspecified atom stereocenters. The van der Waals surface area contributed by atoms with E-state index >= 15 is 0 Å². The molecule has 140 valence electrons. The monoisotopic (exact) mass is 422 g/mol. The highest BCUT2D eigenvalue weighted by atomic mass is 35.5. The van der Waals surface area contributed by atoms with Crippen LogP contribution in [0.2, 0.25) is 5.02 Å². The van der Waals surface area contributed by atoms with Gasteiger partial charge in [-0.3, -0.25) is 9.44 Å². The van der Waals surface area contributed by atoms with Crippen molar-refractivity contribution in [1.29, 1.82) is 0 Å². The third-order valence-corrected chi connectivity index (χ3v) is 6.80. The van der Waals surface area contributed by atoms with Crippen molar-refractivity contribution in [3.05, 3.63) is 83.9 Å². The van der Waals surface area contributed by atoms with E-state index in [1.54, 1.807) is 60.7 Å². The van der Waals surface area contributed by atoms with E-state index in [2.05, 4.69) is 9.44 Å². The zero-order valence-corrected chi connectivity index (χ0v) is 16.2. The number of para-hydroxylation sites is 2. The maximum absolute atomic E-state index is 12.6. The third kappa shape index (κ3) is 4.60. The predicted molar refractivity (Wildman–Crippen MR) is 106 cm³/mol. The smallest absolute Gasteiger partial charge is 0.263 e. The molecule has 0 bridgehead atoms. The Morgan fingerprint density at radius 3 is 1.63 bits per heavy atom. The number of benzene rings is 3. The number of nitrogens with one attached hydrogen (secondary N) is 2. The van der Waals surface area contributed by atoms with Crippen molar-refractivity contribution in [2.75, 3.05) is 9.44 Å². The average Bonchev–Trinajstić information content (AvgIpc) is 2.62. The lowest BCUT2D eigenvalue weighted by Gasteiger charge is -2.12. The van der Waals surface area contributed by atoms with Crippen molar-refractivity contribution in [3.8, 4) is 0 Å². The molecule has 0 amide bonds. The highest BCUT2D eigenvalue weighted by Gasteiger charge is 2.23. The van der Waals surface area contributed by atoms with Crippen molar-refractivity contribution in [1.82, 2.24) is 0 Å². The van der Waals surface area contributed by atoms with Gasteiger partial charge in [-0.15, -0.1) is 0 Å². The first-order chi connectivity index (χ1) is 12.8. The molecule has 3 rings (SSSR count). The second-order valence-corrected chi connectivity index (χ2v) is 9.28. The summed E-state index contributed by atoms with van der Waals surface area (Å²) < 4.78 is 55.2. The zero-order valence-electron chi connectivity index (χ0n) is 13.8. The van der Waals surface area contributed by atoms with Gasteiger partial charge < -0.3 is 0 Å². The Bertz CT molecular complexity index is 1150. The Morgan fingerprint density at radius 2 is 1.11 bits per heavy atom. The largest absolute Gasteiger partial charge is 0.280 e. The molecule has 3 aromatic rings. The van der Waals surface area contributed by atoms with Gasteiger partial charge in [-0.2, -0.15) is 0 Å². The molecule has 0 spiro atoms. The van der Waals surface area contributed by atoms with Crippen molar-refractivity contribution < 1.29 is 16.8 Å². The van der Waals surface area contributed by atoms with Crippen LogP contribution in [0.5, 0.6) is 0 Å². The molecular formula is C18H15ClN2O4S2. The maximum atomic E-state index is 12.6. The zero-order chi connectivity index (χ0) is 19.5. The number of rotatable bonds is 6. The summed E-state index contributed by atoms with van der Waals surface area (Å²) >= 11 is 6.02. The van der Waals surface area contributed by atoms with Crippen molar-refractivity contribution in [2.24, 2.45) is 0 Å². The lowest BCUT2D eigenvalue weighted by molar-refractivity contribution is 0.599. The molecule has 0 aliphatic carbocycles. The second kappa shape index (κ2) is 7.59. The van der Waals surface area contributed by atoms with Crippen molar-refractivity contribution in [3.63, 3.8) is 0 Å². The second-order valence-electron chi connectivity index (χ2n) is 5.54. The van der Waals surface area contributed by atoms with E-state index in [4.69, 9.17) is 11.6 Å². The Kier molecular flexibility index (Phi) is 5.41. The van der Waals surface area contributed by atoms with Gasteiger partial charge in [-0.25, -0.2) is 16.8 Å². The van der Waals surface area contributed by atoms with Crippen LogP contribution in [0.25, 0.3) is 0 Å². The highest BCUT2D eigenvalue weighted by Crippen LogP contribution is 2.27. The molecule has 0 saturated heterocycles. The summed E-state index contributed by atoms with van der Waals surface area (Å²) in [5.74, 6) is 0. The van der Waals surface area contributed by atoms with E-state index in [9.17, 15) is 16.8 Å². The molecule has 0 heterocycles. The van der Waals surface area contributed by atoms with Crippen LogP contribution in [0.4, 0.5) is 11.4 Å². The quantitative estimate of drug-likeness (QED) is 0.629. The predicted octanol–water partition coefficient (Wildman–Crippen LogP) is 3.94. The maximum Gasteiger partial charge on any atom is 0.263 e. The van der Waals surface area contributed by atoms with Crippen LogP contribution in [0.1, 0.15) is 0 Å². The summed E-state index contributed by atoms with van der Waals surface area (Å²) in [5, 5.41) is -0.0860. The van der Waals surface area contributed by atoms with Crippen LogP contribution in [0, 0.1) is 0 Å². The molecule has 27 heavy (non-hydrogen) atoms. The summed E-state index contributed by atoms with van der Waals surface area (Å²) in [6, 6.07) is 20.0. The molecule has 0 radical (unpaired) electrons. The number of hydrogen-bond donors (Lipinski definition) is 2. The topological polar surface area (TPSA) is 92.3 Å². The molecule has 0 aliphatic heterocycles. The molecule has 6 nitrogen and oxygen atoms in total. The van der Waals surface area contributed by atoms with E-state index in [1.807, 2.05) is 0 Å². The van der Waals surface area contributed by atoms with Gasteiger partial charge in [0.2, 0.25) is 0 Å². The fourth-order valence-corrected chi connectivity index (χ4v) is 5.04. The van der Waals surface area contributed by atoms with E-state index < -0.39 is 20.0 Å². The minimum Gasteiger partial charge on any atom is -0.280 e. The fraction of sp³-hybridized carbons (Fsp3) is 0. The van der Waals surface area contributed by atoms with Crippen molar-refractivity contribution in [2.45, 2.75) is 9.79 Å². The average molecular weight is 423 g/mol. The number of sulfonamides is 2. The van der Waals surface area contributed by atoms with Gasteiger partial charge in [0.1, 0.15) is 4.90 Å². The fourth-order valence-electron chi connectivity index (χ4n) is 2.29. The lowest BCUT2D eigenvalue weighted by atomic mass is 10.3. The Balaban J connectivity index is 1.96. The summed E-state index contributed by atoms with van der Waals surface area (Å²) in [5.41, 5.74) is 0.698. The van der Waals surface area contributed by atoms with E-state index in [0.717, 1.165) is 6.07 Å². The molecule has 0 fully saturated rings. The molecule has 0 aromatic heterocycles. The molecule has 0 saturated carbocycles. The molecule has 0 aliphatic rings. The molecule has 0 atom stereocenters. The van der Waals surface area contributed by atoms with Gasteiger partial charge in [-0.1, -0.05) is 48.0 Å². The lowest BCUT2D eigenvalue weighted by Crippen LogP contribution is -2.16. The van der Waals surface area contributed by atoms with Crippen LogP contribution in [-0.4, -0.2) is 16.8 Å². The Labute approximate surface area is 162 Å². The van der Waals surface area contributed by atoms with Gasteiger partial charge in [0, 0.05) is 11.4 Å². The third-order valence-electron chi connectivity index (χ3n) is 3.55. The van der Waals surface area contributed by atoms with Crippen molar-refractivity contribution >= 4 is 43.0 Å². The van der Waals surface area contributed by atoms with E-state index in [0.29, 0.717) is 11.4 Å². The number of anilines is 2. The SMILES string of the molecule is O=S(=O)(Nc1ccccc1)c1ccc(Cl)c(S(=O)(=O)Nc2ccccc2)c1. The van der Waals surface area contributed by atoms with Gasteiger partial charge >= 0.3 is 0 Å². The van der Waals surface area contributed by atoms with Gasteiger partial charge in [0.25, 0.3) is 20.0 Å². The first kappa shape index (κ1) is 19.2. The normalized spacial score (nSPS) is 11.7.